The lowest BCUT2D eigenvalue weighted by Gasteiger charge is -2.42. The SMILES string of the molecule is CC(C)(C)OC(=O)N([C@H]1CSc2cc(F)c(N)cc2N(Cc2ccc(Cl)cc2)C1=O)C(C)(C)C. The van der Waals surface area contributed by atoms with Crippen LogP contribution in [0, 0.1) is 5.82 Å². The zero-order valence-corrected chi connectivity index (χ0v) is 21.9. The quantitative estimate of drug-likeness (QED) is 0.507. The molecule has 0 aromatic heterocycles. The van der Waals surface area contributed by atoms with Gasteiger partial charge >= 0.3 is 6.09 Å². The number of halogens is 2. The number of amides is 2. The molecule has 0 radical (unpaired) electrons. The van der Waals surface area contributed by atoms with Gasteiger partial charge in [0.2, 0.25) is 0 Å². The summed E-state index contributed by atoms with van der Waals surface area (Å²) in [4.78, 5) is 30.9. The Morgan fingerprint density at radius 3 is 2.38 bits per heavy atom. The molecule has 6 nitrogen and oxygen atoms in total. The number of fused-ring (bicyclic) bond motifs is 1. The molecule has 0 saturated heterocycles. The number of carbonyl (C=O) groups is 2. The molecule has 1 atom stereocenters. The standard InChI is InChI=1S/C25H31ClFN3O3S/c1-24(2,3)30(23(32)33-25(4,5)6)20-14-34-21-11-17(27)18(28)12-19(21)29(22(20)31)13-15-7-9-16(26)10-8-15/h7-12,20H,13-14,28H2,1-6H3/t20-/m0/s1. The van der Waals surface area contributed by atoms with Crippen molar-refractivity contribution in [1.29, 1.82) is 0 Å². The number of hydrogen-bond donors (Lipinski definition) is 1. The van der Waals surface area contributed by atoms with E-state index in [-0.39, 0.29) is 23.9 Å². The number of nitrogens with two attached hydrogens (primary N) is 1. The largest absolute Gasteiger partial charge is 0.444 e. The fourth-order valence-corrected chi connectivity index (χ4v) is 4.98. The predicted molar refractivity (Wildman–Crippen MR) is 136 cm³/mol. The molecule has 0 fully saturated rings. The molecule has 0 unspecified atom stereocenters. The lowest BCUT2D eigenvalue weighted by Crippen LogP contribution is -2.59. The van der Waals surface area contributed by atoms with Crippen molar-refractivity contribution in [3.05, 3.63) is 52.8 Å². The maximum absolute atomic E-state index is 14.4. The van der Waals surface area contributed by atoms with E-state index in [2.05, 4.69) is 0 Å². The molecule has 1 heterocycles. The first-order chi connectivity index (χ1) is 15.7. The molecule has 2 amide bonds. The average molecular weight is 508 g/mol. The lowest BCUT2D eigenvalue weighted by molar-refractivity contribution is -0.125. The Morgan fingerprint density at radius 2 is 1.82 bits per heavy atom. The van der Waals surface area contributed by atoms with Crippen molar-refractivity contribution in [3.63, 3.8) is 0 Å². The van der Waals surface area contributed by atoms with Crippen LogP contribution in [0.1, 0.15) is 47.1 Å². The minimum atomic E-state index is -0.844. The first kappa shape index (κ1) is 26.2. The first-order valence-electron chi connectivity index (χ1n) is 11.0. The van der Waals surface area contributed by atoms with Gasteiger partial charge in [-0.2, -0.15) is 0 Å². The highest BCUT2D eigenvalue weighted by atomic mass is 35.5. The van der Waals surface area contributed by atoms with Crippen LogP contribution in [0.15, 0.2) is 41.3 Å². The third-order valence-electron chi connectivity index (χ3n) is 5.20. The van der Waals surface area contributed by atoms with E-state index in [4.69, 9.17) is 22.1 Å². The Bertz CT molecular complexity index is 1080. The van der Waals surface area contributed by atoms with Crippen molar-refractivity contribution >= 4 is 46.7 Å². The van der Waals surface area contributed by atoms with Crippen molar-refractivity contribution in [2.45, 2.75) is 70.2 Å². The number of thioether (sulfide) groups is 1. The number of nitrogen functional groups attached to an aromatic ring is 1. The zero-order chi connectivity index (χ0) is 25.4. The Labute approximate surface area is 209 Å². The maximum Gasteiger partial charge on any atom is 0.411 e. The van der Waals surface area contributed by atoms with Crippen LogP contribution >= 0.6 is 23.4 Å². The third kappa shape index (κ3) is 5.96. The second-order valence-electron chi connectivity index (χ2n) is 10.2. The van der Waals surface area contributed by atoms with Gasteiger partial charge in [0, 0.05) is 21.2 Å². The van der Waals surface area contributed by atoms with E-state index in [0.29, 0.717) is 15.6 Å². The molecule has 34 heavy (non-hydrogen) atoms. The van der Waals surface area contributed by atoms with Gasteiger partial charge in [0.15, 0.2) is 0 Å². The molecule has 1 aliphatic heterocycles. The summed E-state index contributed by atoms with van der Waals surface area (Å²) in [6, 6.07) is 9.11. The summed E-state index contributed by atoms with van der Waals surface area (Å²) in [7, 11) is 0. The van der Waals surface area contributed by atoms with E-state index < -0.39 is 29.1 Å². The normalized spacial score (nSPS) is 16.6. The van der Waals surface area contributed by atoms with E-state index in [1.54, 1.807) is 37.8 Å². The van der Waals surface area contributed by atoms with E-state index >= 15 is 0 Å². The van der Waals surface area contributed by atoms with E-state index in [1.807, 2.05) is 32.9 Å². The highest BCUT2D eigenvalue weighted by Gasteiger charge is 2.43. The Kier molecular flexibility index (Phi) is 7.43. The number of anilines is 2. The van der Waals surface area contributed by atoms with E-state index in [9.17, 15) is 14.0 Å². The summed E-state index contributed by atoms with van der Waals surface area (Å²) >= 11 is 7.34. The van der Waals surface area contributed by atoms with E-state index in [0.717, 1.165) is 5.56 Å². The second kappa shape index (κ2) is 9.66. The van der Waals surface area contributed by atoms with Crippen molar-refractivity contribution in [2.75, 3.05) is 16.4 Å². The number of hydrogen-bond acceptors (Lipinski definition) is 5. The predicted octanol–water partition coefficient (Wildman–Crippen LogP) is 6.10. The Balaban J connectivity index is 2.09. The van der Waals surface area contributed by atoms with Crippen LogP contribution in [0.2, 0.25) is 5.02 Å². The second-order valence-corrected chi connectivity index (χ2v) is 11.7. The molecule has 184 valence electrons. The smallest absolute Gasteiger partial charge is 0.411 e. The van der Waals surface area contributed by atoms with Gasteiger partial charge in [-0.25, -0.2) is 9.18 Å². The lowest BCUT2D eigenvalue weighted by atomic mass is 10.0. The van der Waals surface area contributed by atoms with Gasteiger partial charge in [-0.1, -0.05) is 23.7 Å². The number of rotatable bonds is 3. The van der Waals surface area contributed by atoms with Gasteiger partial charge in [-0.15, -0.1) is 11.8 Å². The molecule has 1 aliphatic rings. The van der Waals surface area contributed by atoms with Crippen molar-refractivity contribution < 1.29 is 18.7 Å². The van der Waals surface area contributed by atoms with Crippen LogP contribution in [0.3, 0.4) is 0 Å². The minimum absolute atomic E-state index is 0.0495. The summed E-state index contributed by atoms with van der Waals surface area (Å²) in [5, 5.41) is 0.579. The van der Waals surface area contributed by atoms with E-state index in [1.165, 1.54) is 28.8 Å². The molecule has 2 aromatic rings. The van der Waals surface area contributed by atoms with Crippen molar-refractivity contribution in [3.8, 4) is 0 Å². The number of carbonyl (C=O) groups excluding carboxylic acids is 2. The zero-order valence-electron chi connectivity index (χ0n) is 20.3. The highest BCUT2D eigenvalue weighted by molar-refractivity contribution is 7.99. The molecule has 9 heteroatoms. The van der Waals surface area contributed by atoms with Crippen LogP contribution in [-0.4, -0.2) is 39.8 Å². The van der Waals surface area contributed by atoms with Crippen LogP contribution in [0.5, 0.6) is 0 Å². The molecule has 3 rings (SSSR count). The summed E-state index contributed by atoms with van der Waals surface area (Å²) in [6.07, 6.45) is -0.581. The highest BCUT2D eigenvalue weighted by Crippen LogP contribution is 2.40. The summed E-state index contributed by atoms with van der Waals surface area (Å²) in [6.45, 7) is 11.1. The molecule has 0 bridgehead atoms. The topological polar surface area (TPSA) is 75.9 Å². The monoisotopic (exact) mass is 507 g/mol. The molecular formula is C25H31ClFN3O3S. The van der Waals surface area contributed by atoms with Gasteiger partial charge in [-0.05, 0) is 71.4 Å². The van der Waals surface area contributed by atoms with Crippen LogP contribution in [0.25, 0.3) is 0 Å². The summed E-state index contributed by atoms with van der Waals surface area (Å²) in [5.41, 5.74) is 5.71. The Morgan fingerprint density at radius 1 is 1.21 bits per heavy atom. The van der Waals surface area contributed by atoms with Crippen LogP contribution < -0.4 is 10.6 Å². The molecule has 0 saturated carbocycles. The van der Waals surface area contributed by atoms with Gasteiger partial charge in [0.1, 0.15) is 17.5 Å². The van der Waals surface area contributed by atoms with Gasteiger partial charge < -0.3 is 15.4 Å². The third-order valence-corrected chi connectivity index (χ3v) is 6.57. The van der Waals surface area contributed by atoms with Crippen molar-refractivity contribution in [2.24, 2.45) is 0 Å². The molecular weight excluding hydrogens is 477 g/mol. The number of nitrogens with zero attached hydrogens (tertiary/aromatic N) is 2. The van der Waals surface area contributed by atoms with Gasteiger partial charge in [0.25, 0.3) is 5.91 Å². The molecule has 0 aliphatic carbocycles. The summed E-state index contributed by atoms with van der Waals surface area (Å²) < 4.78 is 20.0. The van der Waals surface area contributed by atoms with Gasteiger partial charge in [-0.3, -0.25) is 9.69 Å². The summed E-state index contributed by atoms with van der Waals surface area (Å²) in [5.74, 6) is -0.612. The fourth-order valence-electron chi connectivity index (χ4n) is 3.73. The van der Waals surface area contributed by atoms with Crippen LogP contribution in [-0.2, 0) is 16.1 Å². The van der Waals surface area contributed by atoms with Crippen molar-refractivity contribution in [1.82, 2.24) is 4.90 Å². The number of benzene rings is 2. The molecule has 0 spiro atoms. The molecule has 2 N–H and O–H groups in total. The average Bonchev–Trinajstić information content (AvgIpc) is 2.80. The first-order valence-corrected chi connectivity index (χ1v) is 12.3. The minimum Gasteiger partial charge on any atom is -0.444 e. The molecule has 2 aromatic carbocycles. The maximum atomic E-state index is 14.4. The van der Waals surface area contributed by atoms with Crippen LogP contribution in [0.4, 0.5) is 20.6 Å². The fraction of sp³-hybridized carbons (Fsp3) is 0.440. The van der Waals surface area contributed by atoms with Gasteiger partial charge in [0.05, 0.1) is 17.9 Å². The number of ether oxygens (including phenoxy) is 1. The Hall–Kier alpha value is -2.45.